The highest BCUT2D eigenvalue weighted by atomic mass is 16.6. The second kappa shape index (κ2) is 6.29. The van der Waals surface area contributed by atoms with Crippen molar-refractivity contribution in [3.8, 4) is 0 Å². The molecule has 23 heavy (non-hydrogen) atoms. The monoisotopic (exact) mass is 315 g/mol. The van der Waals surface area contributed by atoms with Gasteiger partial charge in [-0.2, -0.15) is 0 Å². The molecule has 1 saturated carbocycles. The predicted molar refractivity (Wildman–Crippen MR) is 84.1 cm³/mol. The lowest BCUT2D eigenvalue weighted by atomic mass is 9.93. The Hall–Kier alpha value is -2.54. The maximum absolute atomic E-state index is 12.5. The van der Waals surface area contributed by atoms with Crippen molar-refractivity contribution in [2.45, 2.75) is 37.8 Å². The van der Waals surface area contributed by atoms with Crippen molar-refractivity contribution in [3.63, 3.8) is 0 Å². The predicted octanol–water partition coefficient (Wildman–Crippen LogP) is 2.18. The summed E-state index contributed by atoms with van der Waals surface area (Å²) in [5.41, 5.74) is 0.595. The normalized spacial score (nSPS) is 21.1. The summed E-state index contributed by atoms with van der Waals surface area (Å²) in [7, 11) is 0. The van der Waals surface area contributed by atoms with Crippen molar-refractivity contribution >= 4 is 22.5 Å². The average molecular weight is 315 g/mol. The highest BCUT2D eigenvalue weighted by molar-refractivity contribution is 6.07. The summed E-state index contributed by atoms with van der Waals surface area (Å²) in [6, 6.07) is 6.00. The van der Waals surface area contributed by atoms with Crippen LogP contribution in [0.1, 0.15) is 36.0 Å². The van der Waals surface area contributed by atoms with Gasteiger partial charge in [0, 0.05) is 18.3 Å². The van der Waals surface area contributed by atoms with Gasteiger partial charge in [0.1, 0.15) is 0 Å². The quantitative estimate of drug-likeness (QED) is 0.667. The number of aromatic nitrogens is 1. The van der Waals surface area contributed by atoms with Gasteiger partial charge in [-0.25, -0.2) is 0 Å². The largest absolute Gasteiger partial charge is 0.393 e. The number of nitrogens with zero attached hydrogens (tertiary/aromatic N) is 2. The number of carbonyl (C=O) groups excluding carboxylic acids is 1. The van der Waals surface area contributed by atoms with E-state index in [0.717, 1.165) is 12.8 Å². The minimum atomic E-state index is -0.478. The van der Waals surface area contributed by atoms with Gasteiger partial charge in [0.2, 0.25) is 0 Å². The van der Waals surface area contributed by atoms with Gasteiger partial charge >= 0.3 is 0 Å². The number of nitro groups is 1. The van der Waals surface area contributed by atoms with Gasteiger partial charge in [0.05, 0.1) is 27.5 Å². The Morgan fingerprint density at radius 1 is 1.26 bits per heavy atom. The van der Waals surface area contributed by atoms with Crippen LogP contribution in [0.3, 0.4) is 0 Å². The Labute approximate surface area is 132 Å². The van der Waals surface area contributed by atoms with Gasteiger partial charge in [0.25, 0.3) is 11.6 Å². The summed E-state index contributed by atoms with van der Waals surface area (Å²) in [6.45, 7) is 0. The number of hydrogen-bond donors (Lipinski definition) is 2. The van der Waals surface area contributed by atoms with E-state index in [1.54, 1.807) is 12.1 Å². The van der Waals surface area contributed by atoms with E-state index in [1.165, 1.54) is 18.3 Å². The number of aliphatic hydroxyl groups is 1. The number of carbonyl (C=O) groups is 1. The molecule has 1 heterocycles. The highest BCUT2D eigenvalue weighted by Crippen LogP contribution is 2.27. The van der Waals surface area contributed by atoms with E-state index in [-0.39, 0.29) is 23.7 Å². The molecule has 0 unspecified atom stereocenters. The fourth-order valence-electron chi connectivity index (χ4n) is 2.98. The van der Waals surface area contributed by atoms with Crippen LogP contribution >= 0.6 is 0 Å². The van der Waals surface area contributed by atoms with Gasteiger partial charge < -0.3 is 10.4 Å². The molecule has 0 spiro atoms. The first-order valence-electron chi connectivity index (χ1n) is 7.57. The number of pyridine rings is 1. The summed E-state index contributed by atoms with van der Waals surface area (Å²) in [5, 5.41) is 23.9. The van der Waals surface area contributed by atoms with E-state index >= 15 is 0 Å². The third kappa shape index (κ3) is 3.14. The Bertz CT molecular complexity index is 754. The minimum Gasteiger partial charge on any atom is -0.393 e. The topological polar surface area (TPSA) is 105 Å². The molecule has 3 rings (SSSR count). The van der Waals surface area contributed by atoms with Gasteiger partial charge in [-0.1, -0.05) is 0 Å². The number of benzene rings is 1. The number of non-ortho nitro benzene ring substituents is 1. The summed E-state index contributed by atoms with van der Waals surface area (Å²) in [5.74, 6) is -0.287. The molecule has 0 aliphatic heterocycles. The number of fused-ring (bicyclic) bond motifs is 1. The SMILES string of the molecule is O=C(NC1CCC(O)CC1)c1ccc([N+](=O)[O-])c2cccnc12. The molecule has 1 amide bonds. The molecule has 7 nitrogen and oxygen atoms in total. The minimum absolute atomic E-state index is 0.0138. The van der Waals surface area contributed by atoms with Crippen LogP contribution in [-0.4, -0.2) is 33.1 Å². The molecule has 0 atom stereocenters. The standard InChI is InChI=1S/C16H17N3O4/c20-11-5-3-10(4-6-11)18-16(21)13-7-8-14(19(22)23)12-2-1-9-17-15(12)13/h1-2,7-11,20H,3-6H2,(H,18,21). The van der Waals surface area contributed by atoms with Crippen LogP contribution < -0.4 is 5.32 Å². The lowest BCUT2D eigenvalue weighted by molar-refractivity contribution is -0.383. The second-order valence-corrected chi connectivity index (χ2v) is 5.77. The fourth-order valence-corrected chi connectivity index (χ4v) is 2.98. The zero-order valence-electron chi connectivity index (χ0n) is 12.4. The molecule has 2 N–H and O–H groups in total. The van der Waals surface area contributed by atoms with Crippen molar-refractivity contribution in [2.24, 2.45) is 0 Å². The third-order valence-corrected chi connectivity index (χ3v) is 4.22. The van der Waals surface area contributed by atoms with Gasteiger partial charge in [-0.15, -0.1) is 0 Å². The Kier molecular flexibility index (Phi) is 4.20. The first-order chi connectivity index (χ1) is 11.1. The summed E-state index contributed by atoms with van der Waals surface area (Å²) in [4.78, 5) is 27.3. The third-order valence-electron chi connectivity index (χ3n) is 4.22. The first-order valence-corrected chi connectivity index (χ1v) is 7.57. The highest BCUT2D eigenvalue weighted by Gasteiger charge is 2.23. The first kappa shape index (κ1) is 15.4. The van der Waals surface area contributed by atoms with Gasteiger partial charge in [-0.05, 0) is 43.9 Å². The smallest absolute Gasteiger partial charge is 0.278 e. The Morgan fingerprint density at radius 2 is 2.00 bits per heavy atom. The van der Waals surface area contributed by atoms with E-state index in [2.05, 4.69) is 10.3 Å². The number of nitrogens with one attached hydrogen (secondary N) is 1. The second-order valence-electron chi connectivity index (χ2n) is 5.77. The number of amides is 1. The molecule has 7 heteroatoms. The van der Waals surface area contributed by atoms with Crippen LogP contribution in [0.4, 0.5) is 5.69 Å². The molecule has 0 bridgehead atoms. The van der Waals surface area contributed by atoms with Crippen molar-refractivity contribution < 1.29 is 14.8 Å². The van der Waals surface area contributed by atoms with Crippen LogP contribution in [-0.2, 0) is 0 Å². The van der Waals surface area contributed by atoms with Crippen LogP contribution in [0.5, 0.6) is 0 Å². The number of nitro benzene ring substituents is 1. The summed E-state index contributed by atoms with van der Waals surface area (Å²) in [6.07, 6.45) is 4.02. The molecular formula is C16H17N3O4. The maximum Gasteiger partial charge on any atom is 0.278 e. The van der Waals surface area contributed by atoms with Gasteiger partial charge in [0.15, 0.2) is 0 Å². The molecule has 2 aromatic rings. The molecule has 0 radical (unpaired) electrons. The fraction of sp³-hybridized carbons (Fsp3) is 0.375. The van der Waals surface area contributed by atoms with Gasteiger partial charge in [-0.3, -0.25) is 19.9 Å². The molecule has 1 aromatic carbocycles. The Balaban J connectivity index is 1.89. The summed E-state index contributed by atoms with van der Waals surface area (Å²) >= 11 is 0. The van der Waals surface area contributed by atoms with Crippen molar-refractivity contribution in [3.05, 3.63) is 46.1 Å². The molecule has 1 fully saturated rings. The lowest BCUT2D eigenvalue weighted by Gasteiger charge is -2.26. The molecule has 120 valence electrons. The van der Waals surface area contributed by atoms with Crippen LogP contribution in [0.25, 0.3) is 10.9 Å². The van der Waals surface area contributed by atoms with Crippen molar-refractivity contribution in [1.29, 1.82) is 0 Å². The van der Waals surface area contributed by atoms with Crippen LogP contribution in [0.2, 0.25) is 0 Å². The number of rotatable bonds is 3. The zero-order chi connectivity index (χ0) is 16.4. The Morgan fingerprint density at radius 3 is 2.70 bits per heavy atom. The lowest BCUT2D eigenvalue weighted by Crippen LogP contribution is -2.38. The maximum atomic E-state index is 12.5. The molecule has 0 saturated heterocycles. The number of hydrogen-bond acceptors (Lipinski definition) is 5. The number of aliphatic hydroxyl groups excluding tert-OH is 1. The molecule has 1 aromatic heterocycles. The van der Waals surface area contributed by atoms with Crippen LogP contribution in [0, 0.1) is 10.1 Å². The van der Waals surface area contributed by atoms with E-state index < -0.39 is 4.92 Å². The molecular weight excluding hydrogens is 298 g/mol. The summed E-state index contributed by atoms with van der Waals surface area (Å²) < 4.78 is 0. The van der Waals surface area contributed by atoms with Crippen molar-refractivity contribution in [2.75, 3.05) is 0 Å². The van der Waals surface area contributed by atoms with E-state index in [9.17, 15) is 20.0 Å². The van der Waals surface area contributed by atoms with E-state index in [1.807, 2.05) is 0 Å². The van der Waals surface area contributed by atoms with Crippen LogP contribution in [0.15, 0.2) is 30.5 Å². The molecule has 1 aliphatic rings. The van der Waals surface area contributed by atoms with Crippen molar-refractivity contribution in [1.82, 2.24) is 10.3 Å². The van der Waals surface area contributed by atoms with E-state index in [0.29, 0.717) is 29.3 Å². The molecule has 1 aliphatic carbocycles. The average Bonchev–Trinajstić information content (AvgIpc) is 2.55. The zero-order valence-corrected chi connectivity index (χ0v) is 12.4. The van der Waals surface area contributed by atoms with E-state index in [4.69, 9.17) is 0 Å².